The number of carbonyl (C=O) groups excluding carboxylic acids is 1. The highest BCUT2D eigenvalue weighted by Gasteiger charge is 2.54. The van der Waals surface area contributed by atoms with Crippen molar-refractivity contribution in [2.45, 2.75) is 37.4 Å². The molecule has 3 N–H and O–H groups in total. The van der Waals surface area contributed by atoms with Crippen LogP contribution in [0.5, 0.6) is 0 Å². The van der Waals surface area contributed by atoms with Crippen LogP contribution in [-0.4, -0.2) is 70.8 Å². The molecule has 1 fully saturated rings. The van der Waals surface area contributed by atoms with Crippen molar-refractivity contribution < 1.29 is 19.7 Å². The number of nitrogens with zero attached hydrogens (tertiary/aromatic N) is 1. The highest BCUT2D eigenvalue weighted by atomic mass is 31.2. The van der Waals surface area contributed by atoms with Gasteiger partial charge in [-0.1, -0.05) is 6.58 Å². The molecule has 0 aromatic rings. The monoisotopic (exact) mass is 328 g/mol. The maximum atomic E-state index is 11.3. The van der Waals surface area contributed by atoms with Crippen LogP contribution in [0.15, 0.2) is 24.7 Å². The van der Waals surface area contributed by atoms with Crippen molar-refractivity contribution >= 4 is 19.1 Å². The second-order valence-corrected chi connectivity index (χ2v) is 11.1. The Bertz CT molecular complexity index is 552. The molecule has 2 heterocycles. The van der Waals surface area contributed by atoms with E-state index in [9.17, 15) is 15.0 Å². The predicted octanol–water partition coefficient (Wildman–Crippen LogP) is 0.339. The van der Waals surface area contributed by atoms with E-state index in [1.807, 2.05) is 0 Å². The van der Waals surface area contributed by atoms with Gasteiger partial charge in [-0.15, -0.1) is 13.2 Å². The van der Waals surface area contributed by atoms with E-state index in [1.165, 1.54) is 24.1 Å². The van der Waals surface area contributed by atoms with Gasteiger partial charge in [0.15, 0.2) is 6.23 Å². The first-order chi connectivity index (χ1) is 10.0. The summed E-state index contributed by atoms with van der Waals surface area (Å²) in [7, 11) is 0. The van der Waals surface area contributed by atoms with Crippen LogP contribution in [0.4, 0.5) is 0 Å². The Balaban J connectivity index is 2.16. The maximum absolute atomic E-state index is 11.3. The Labute approximate surface area is 131 Å². The zero-order chi connectivity index (χ0) is 16.7. The van der Waals surface area contributed by atoms with E-state index in [2.05, 4.69) is 31.5 Å². The lowest BCUT2D eigenvalue weighted by atomic mass is 9.95. The fourth-order valence-electron chi connectivity index (χ4n) is 2.66. The molecule has 0 aliphatic carbocycles. The third-order valence-corrected chi connectivity index (χ3v) is 5.46. The van der Waals surface area contributed by atoms with Crippen LogP contribution in [0.3, 0.4) is 0 Å². The summed E-state index contributed by atoms with van der Waals surface area (Å²) in [4.78, 5) is 12.8. The first-order valence-corrected chi connectivity index (χ1v) is 10.3. The van der Waals surface area contributed by atoms with E-state index < -0.39 is 30.9 Å². The maximum Gasteiger partial charge on any atom is 0.250 e. The summed E-state index contributed by atoms with van der Waals surface area (Å²) >= 11 is 0. The zero-order valence-corrected chi connectivity index (χ0v) is 14.2. The lowest BCUT2D eigenvalue weighted by Crippen LogP contribution is -2.53. The molecule has 124 valence electrons. The average molecular weight is 328 g/mol. The molecule has 1 saturated heterocycles. The SMILES string of the molecule is C=C1NC(=O)C=CN1[C@@H]1OC(CCP(=C)(C)C)[C@@H](O)[C@]1(C)O. The number of aliphatic hydroxyl groups excluding tert-OH is 1. The Hall–Kier alpha value is -1.07. The Kier molecular flexibility index (Phi) is 4.60. The Morgan fingerprint density at radius 2 is 2.18 bits per heavy atom. The van der Waals surface area contributed by atoms with Crippen LogP contribution in [0.2, 0.25) is 0 Å². The van der Waals surface area contributed by atoms with E-state index in [1.54, 1.807) is 0 Å². The molecule has 0 aromatic heterocycles. The quantitative estimate of drug-likeness (QED) is 0.648. The summed E-state index contributed by atoms with van der Waals surface area (Å²) in [5.41, 5.74) is -1.47. The fraction of sp³-hybridized carbons (Fsp3) is 0.600. The minimum atomic E-state index is -1.47. The standard InChI is InChI=1S/C15H25N2O4P/c1-10-16-12(18)6-8-17(10)14-15(2,20)13(19)11(21-14)7-9-22(3,4)5/h6,8,11,13-14,19-20H,1,3,7,9H2,2,4-5H3,(H,16,18)/t11?,13-,14-,15+/m1/s1. The third-order valence-electron chi connectivity index (χ3n) is 3.99. The van der Waals surface area contributed by atoms with Gasteiger partial charge in [-0.05, 0) is 32.8 Å². The van der Waals surface area contributed by atoms with Crippen LogP contribution >= 0.6 is 6.89 Å². The molecule has 1 amide bonds. The number of amides is 1. The van der Waals surface area contributed by atoms with Gasteiger partial charge in [0.1, 0.15) is 17.5 Å². The van der Waals surface area contributed by atoms with E-state index in [4.69, 9.17) is 4.74 Å². The molecule has 1 unspecified atom stereocenters. The average Bonchev–Trinajstić information content (AvgIpc) is 2.59. The number of ether oxygens (including phenoxy) is 1. The predicted molar refractivity (Wildman–Crippen MR) is 88.9 cm³/mol. The largest absolute Gasteiger partial charge is 0.387 e. The second kappa shape index (κ2) is 5.85. The summed E-state index contributed by atoms with van der Waals surface area (Å²) in [6.45, 7) is 8.29. The molecule has 2 aliphatic rings. The summed E-state index contributed by atoms with van der Waals surface area (Å²) in [6, 6.07) is 0. The van der Waals surface area contributed by atoms with Crippen molar-refractivity contribution in [1.29, 1.82) is 0 Å². The van der Waals surface area contributed by atoms with Crippen molar-refractivity contribution in [3.05, 3.63) is 24.7 Å². The lowest BCUT2D eigenvalue weighted by Gasteiger charge is -2.37. The van der Waals surface area contributed by atoms with Crippen LogP contribution in [0.1, 0.15) is 13.3 Å². The number of rotatable bonds is 4. The van der Waals surface area contributed by atoms with Crippen LogP contribution in [0.25, 0.3) is 0 Å². The first-order valence-electron chi connectivity index (χ1n) is 7.22. The van der Waals surface area contributed by atoms with Crippen LogP contribution < -0.4 is 5.32 Å². The molecule has 0 spiro atoms. The van der Waals surface area contributed by atoms with Crippen LogP contribution in [-0.2, 0) is 9.53 Å². The molecule has 0 aromatic carbocycles. The molecule has 6 nitrogen and oxygen atoms in total. The van der Waals surface area contributed by atoms with Crippen molar-refractivity contribution in [2.75, 3.05) is 19.5 Å². The van der Waals surface area contributed by atoms with Crippen molar-refractivity contribution in [1.82, 2.24) is 10.2 Å². The van der Waals surface area contributed by atoms with Crippen LogP contribution in [0, 0.1) is 0 Å². The Morgan fingerprint density at radius 3 is 2.73 bits per heavy atom. The van der Waals surface area contributed by atoms with Crippen molar-refractivity contribution in [2.24, 2.45) is 0 Å². The molecule has 0 saturated carbocycles. The second-order valence-electron chi connectivity index (χ2n) is 6.80. The molecule has 2 aliphatic heterocycles. The molecule has 0 bridgehead atoms. The van der Waals surface area contributed by atoms with Gasteiger partial charge in [0.25, 0.3) is 5.91 Å². The molecule has 0 radical (unpaired) electrons. The summed E-state index contributed by atoms with van der Waals surface area (Å²) in [5, 5.41) is 23.6. The van der Waals surface area contributed by atoms with E-state index in [0.29, 0.717) is 12.2 Å². The van der Waals surface area contributed by atoms with Gasteiger partial charge < -0.3 is 25.2 Å². The van der Waals surface area contributed by atoms with E-state index >= 15 is 0 Å². The first kappa shape index (κ1) is 17.3. The number of aliphatic hydroxyl groups is 2. The molecule has 4 atom stereocenters. The summed E-state index contributed by atoms with van der Waals surface area (Å²) < 4.78 is 5.88. The lowest BCUT2D eigenvalue weighted by molar-refractivity contribution is -0.123. The van der Waals surface area contributed by atoms with Gasteiger partial charge in [-0.3, -0.25) is 4.79 Å². The van der Waals surface area contributed by atoms with Gasteiger partial charge in [-0.25, -0.2) is 0 Å². The highest BCUT2D eigenvalue weighted by molar-refractivity contribution is 7.72. The number of carbonyl (C=O) groups is 1. The number of nitrogens with one attached hydrogen (secondary N) is 1. The Morgan fingerprint density at radius 1 is 1.55 bits per heavy atom. The van der Waals surface area contributed by atoms with Gasteiger partial charge in [0.2, 0.25) is 0 Å². The van der Waals surface area contributed by atoms with E-state index in [-0.39, 0.29) is 5.91 Å². The minimum absolute atomic E-state index is 0.278. The van der Waals surface area contributed by atoms with Gasteiger partial charge in [-0.2, -0.15) is 0 Å². The molecule has 22 heavy (non-hydrogen) atoms. The topological polar surface area (TPSA) is 82.0 Å². The van der Waals surface area contributed by atoms with Gasteiger partial charge in [0.05, 0.1) is 6.10 Å². The van der Waals surface area contributed by atoms with Gasteiger partial charge >= 0.3 is 0 Å². The summed E-state index contributed by atoms with van der Waals surface area (Å²) in [5.74, 6) is 0.0372. The molecule has 2 rings (SSSR count). The minimum Gasteiger partial charge on any atom is -0.387 e. The number of hydrogen-bond acceptors (Lipinski definition) is 5. The smallest absolute Gasteiger partial charge is 0.250 e. The normalized spacial score (nSPS) is 35.9. The third kappa shape index (κ3) is 3.46. The van der Waals surface area contributed by atoms with E-state index in [0.717, 1.165) is 6.16 Å². The zero-order valence-electron chi connectivity index (χ0n) is 13.3. The van der Waals surface area contributed by atoms with Gasteiger partial charge in [0, 0.05) is 12.3 Å². The highest BCUT2D eigenvalue weighted by Crippen LogP contribution is 2.41. The fourth-order valence-corrected chi connectivity index (χ4v) is 3.61. The molecule has 7 heteroatoms. The molecular weight excluding hydrogens is 303 g/mol. The summed E-state index contributed by atoms with van der Waals surface area (Å²) in [6.07, 6.45) is 6.20. The van der Waals surface area contributed by atoms with Crippen molar-refractivity contribution in [3.8, 4) is 0 Å². The number of hydrogen-bond donors (Lipinski definition) is 3. The molecular formula is C15H25N2O4P. The van der Waals surface area contributed by atoms with Crippen molar-refractivity contribution in [3.63, 3.8) is 0 Å².